The minimum absolute atomic E-state index is 0.0124. The van der Waals surface area contributed by atoms with E-state index in [1.165, 1.54) is 0 Å². The first kappa shape index (κ1) is 22.1. The highest BCUT2D eigenvalue weighted by Crippen LogP contribution is 2.30. The third kappa shape index (κ3) is 5.06. The molecule has 1 fully saturated rings. The van der Waals surface area contributed by atoms with Gasteiger partial charge in [-0.15, -0.1) is 0 Å². The Labute approximate surface area is 190 Å². The van der Waals surface area contributed by atoms with E-state index in [4.69, 9.17) is 11.6 Å². The van der Waals surface area contributed by atoms with Gasteiger partial charge < -0.3 is 5.32 Å². The van der Waals surface area contributed by atoms with Crippen LogP contribution in [0.3, 0.4) is 0 Å². The second kappa shape index (κ2) is 9.20. The fourth-order valence-corrected chi connectivity index (χ4v) is 5.91. The number of nitrogens with zero attached hydrogens (tertiary/aromatic N) is 2. The third-order valence-corrected chi connectivity index (χ3v) is 8.16. The maximum absolute atomic E-state index is 12.8. The van der Waals surface area contributed by atoms with Gasteiger partial charge in [0.15, 0.2) is 0 Å². The first-order chi connectivity index (χ1) is 14.8. The number of carbonyl (C=O) groups excluding carboxylic acids is 1. The number of sulfonamides is 1. The Bertz CT molecular complexity index is 1200. The van der Waals surface area contributed by atoms with Gasteiger partial charge in [0.2, 0.25) is 15.9 Å². The zero-order valence-electron chi connectivity index (χ0n) is 17.0. The summed E-state index contributed by atoms with van der Waals surface area (Å²) in [6.07, 6.45) is 3.03. The number of anilines is 1. The number of hydrogen-bond acceptors (Lipinski definition) is 6. The van der Waals surface area contributed by atoms with E-state index in [9.17, 15) is 13.2 Å². The van der Waals surface area contributed by atoms with E-state index in [-0.39, 0.29) is 22.6 Å². The number of benzene rings is 2. The van der Waals surface area contributed by atoms with Crippen LogP contribution in [-0.2, 0) is 14.8 Å². The highest BCUT2D eigenvalue weighted by Gasteiger charge is 2.28. The Hall–Kier alpha value is -2.07. The molecule has 0 spiro atoms. The van der Waals surface area contributed by atoms with Gasteiger partial charge in [-0.2, -0.15) is 8.75 Å². The van der Waals surface area contributed by atoms with E-state index in [1.807, 2.05) is 19.1 Å². The fourth-order valence-electron chi connectivity index (χ4n) is 3.85. The molecular weight excluding hydrogens is 456 g/mol. The summed E-state index contributed by atoms with van der Waals surface area (Å²) in [6.45, 7) is 2.26. The van der Waals surface area contributed by atoms with E-state index < -0.39 is 10.0 Å². The number of carbonyl (C=O) groups is 1. The Morgan fingerprint density at radius 1 is 1.16 bits per heavy atom. The van der Waals surface area contributed by atoms with Gasteiger partial charge in [-0.25, -0.2) is 13.1 Å². The summed E-state index contributed by atoms with van der Waals surface area (Å²) in [5.41, 5.74) is 2.64. The number of hydrogen-bond donors (Lipinski definition) is 2. The normalized spacial score (nSPS) is 19.4. The predicted molar refractivity (Wildman–Crippen MR) is 123 cm³/mol. The zero-order valence-corrected chi connectivity index (χ0v) is 19.4. The molecule has 164 valence electrons. The summed E-state index contributed by atoms with van der Waals surface area (Å²) in [5, 5.41) is 3.56. The van der Waals surface area contributed by atoms with Crippen LogP contribution in [0.2, 0.25) is 5.02 Å². The molecule has 0 bridgehead atoms. The lowest BCUT2D eigenvalue weighted by molar-refractivity contribution is -0.121. The average Bonchev–Trinajstić information content (AvgIpc) is 3.24. The fraction of sp³-hybridized carbons (Fsp3) is 0.381. The smallest absolute Gasteiger partial charge is 0.242 e. The van der Waals surface area contributed by atoms with E-state index in [0.29, 0.717) is 28.3 Å². The third-order valence-electron chi connectivity index (χ3n) is 5.76. The van der Waals surface area contributed by atoms with Gasteiger partial charge in [0.25, 0.3) is 0 Å². The van der Waals surface area contributed by atoms with Gasteiger partial charge in [-0.1, -0.05) is 23.7 Å². The standard InChI is InChI=1S/C21H23ClN4O3S2/c1-13-5-10-16(11-17(13)22)24-21(27)15-8-6-14(7-9-15)12-23-31(28,29)19-4-2-3-18-20(19)26-30-25-18/h2-5,10-11,14-15,23H,6-9,12H2,1H3,(H,24,27). The van der Waals surface area contributed by atoms with Gasteiger partial charge in [0.1, 0.15) is 15.9 Å². The molecular formula is C21H23ClN4O3S2. The Kier molecular flexibility index (Phi) is 6.57. The predicted octanol–water partition coefficient (Wildman–Crippen LogP) is 4.38. The van der Waals surface area contributed by atoms with Crippen LogP contribution in [0.15, 0.2) is 41.3 Å². The second-order valence-corrected chi connectivity index (χ2v) is 10.6. The largest absolute Gasteiger partial charge is 0.326 e. The number of rotatable bonds is 6. The molecule has 7 nitrogen and oxygen atoms in total. The van der Waals surface area contributed by atoms with E-state index in [2.05, 4.69) is 18.8 Å². The van der Waals surface area contributed by atoms with Crippen LogP contribution >= 0.6 is 23.3 Å². The number of aryl methyl sites for hydroxylation is 1. The molecule has 1 aromatic heterocycles. The number of halogens is 1. The van der Waals surface area contributed by atoms with E-state index in [1.54, 1.807) is 24.3 Å². The summed E-state index contributed by atoms with van der Waals surface area (Å²) >= 11 is 7.13. The number of nitrogens with one attached hydrogen (secondary N) is 2. The second-order valence-electron chi connectivity index (χ2n) is 7.91. The summed E-state index contributed by atoms with van der Waals surface area (Å²) in [6, 6.07) is 10.4. The Morgan fingerprint density at radius 2 is 1.94 bits per heavy atom. The zero-order chi connectivity index (χ0) is 22.0. The number of amides is 1. The molecule has 2 N–H and O–H groups in total. The molecule has 31 heavy (non-hydrogen) atoms. The van der Waals surface area contributed by atoms with Crippen molar-refractivity contribution in [2.75, 3.05) is 11.9 Å². The SMILES string of the molecule is Cc1ccc(NC(=O)C2CCC(CNS(=O)(=O)c3cccc4nsnc34)CC2)cc1Cl. The van der Waals surface area contributed by atoms with Crippen LogP contribution < -0.4 is 10.0 Å². The van der Waals surface area contributed by atoms with Crippen LogP contribution in [0.5, 0.6) is 0 Å². The quantitative estimate of drug-likeness (QED) is 0.547. The van der Waals surface area contributed by atoms with Crippen molar-refractivity contribution in [1.29, 1.82) is 0 Å². The van der Waals surface area contributed by atoms with E-state index >= 15 is 0 Å². The molecule has 0 atom stereocenters. The van der Waals surface area contributed by atoms with Crippen molar-refractivity contribution in [3.8, 4) is 0 Å². The molecule has 1 heterocycles. The molecule has 0 unspecified atom stereocenters. The van der Waals surface area contributed by atoms with Crippen LogP contribution in [0.25, 0.3) is 11.0 Å². The lowest BCUT2D eigenvalue weighted by atomic mass is 9.81. The molecule has 1 aliphatic carbocycles. The minimum Gasteiger partial charge on any atom is -0.326 e. The van der Waals surface area contributed by atoms with Crippen molar-refractivity contribution in [3.05, 3.63) is 47.0 Å². The van der Waals surface area contributed by atoms with Crippen LogP contribution in [-0.4, -0.2) is 29.6 Å². The first-order valence-corrected chi connectivity index (χ1v) is 12.7. The van der Waals surface area contributed by atoms with Gasteiger partial charge in [0.05, 0.1) is 11.7 Å². The Morgan fingerprint density at radius 3 is 2.68 bits per heavy atom. The summed E-state index contributed by atoms with van der Waals surface area (Å²) < 4.78 is 36.5. The van der Waals surface area contributed by atoms with Crippen molar-refractivity contribution in [1.82, 2.24) is 13.5 Å². The topological polar surface area (TPSA) is 101 Å². The van der Waals surface area contributed by atoms with E-state index in [0.717, 1.165) is 43.0 Å². The van der Waals surface area contributed by atoms with Crippen molar-refractivity contribution in [3.63, 3.8) is 0 Å². The van der Waals surface area contributed by atoms with Crippen molar-refractivity contribution in [2.45, 2.75) is 37.5 Å². The molecule has 4 rings (SSSR count). The molecule has 0 saturated heterocycles. The molecule has 1 amide bonds. The summed E-state index contributed by atoms with van der Waals surface area (Å²) in [7, 11) is -3.67. The molecule has 0 radical (unpaired) electrons. The van der Waals surface area contributed by atoms with Crippen molar-refractivity contribution in [2.24, 2.45) is 11.8 Å². The summed E-state index contributed by atoms with van der Waals surface area (Å²) in [5.74, 6) is 0.102. The van der Waals surface area contributed by atoms with Gasteiger partial charge in [-0.3, -0.25) is 4.79 Å². The van der Waals surface area contributed by atoms with Gasteiger partial charge in [-0.05, 0) is 68.4 Å². The Balaban J connectivity index is 1.30. The molecule has 0 aliphatic heterocycles. The molecule has 1 aliphatic rings. The average molecular weight is 479 g/mol. The minimum atomic E-state index is -3.67. The van der Waals surface area contributed by atoms with Crippen LogP contribution in [0.1, 0.15) is 31.2 Å². The van der Waals surface area contributed by atoms with Crippen molar-refractivity contribution < 1.29 is 13.2 Å². The molecule has 2 aromatic carbocycles. The molecule has 3 aromatic rings. The monoisotopic (exact) mass is 478 g/mol. The first-order valence-electron chi connectivity index (χ1n) is 10.1. The van der Waals surface area contributed by atoms with Crippen LogP contribution in [0, 0.1) is 18.8 Å². The van der Waals surface area contributed by atoms with Gasteiger partial charge in [0, 0.05) is 23.2 Å². The lowest BCUT2D eigenvalue weighted by Gasteiger charge is -2.28. The molecule has 10 heteroatoms. The maximum Gasteiger partial charge on any atom is 0.242 e. The van der Waals surface area contributed by atoms with Gasteiger partial charge >= 0.3 is 0 Å². The highest BCUT2D eigenvalue weighted by molar-refractivity contribution is 7.89. The van der Waals surface area contributed by atoms with Crippen molar-refractivity contribution >= 4 is 56.0 Å². The number of aromatic nitrogens is 2. The highest BCUT2D eigenvalue weighted by atomic mass is 35.5. The number of fused-ring (bicyclic) bond motifs is 1. The van der Waals surface area contributed by atoms with Crippen LogP contribution in [0.4, 0.5) is 5.69 Å². The summed E-state index contributed by atoms with van der Waals surface area (Å²) in [4.78, 5) is 12.8. The maximum atomic E-state index is 12.8. The lowest BCUT2D eigenvalue weighted by Crippen LogP contribution is -2.33. The molecule has 1 saturated carbocycles.